The molecule has 6 heteroatoms. The molecule has 0 spiro atoms. The van der Waals surface area contributed by atoms with Crippen molar-refractivity contribution in [2.24, 2.45) is 0 Å². The van der Waals surface area contributed by atoms with Crippen LogP contribution in [0.3, 0.4) is 0 Å². The summed E-state index contributed by atoms with van der Waals surface area (Å²) in [5, 5.41) is 0. The van der Waals surface area contributed by atoms with E-state index in [-0.39, 0.29) is 138 Å². The van der Waals surface area contributed by atoms with E-state index in [1.807, 2.05) is 0 Å². The Kier molecular flexibility index (Phi) is 269. The Balaban J connectivity index is 0. The Morgan fingerprint density at radius 3 is 1.17 bits per heavy atom. The molecule has 0 aromatic rings. The molecule has 0 aromatic heterocycles. The van der Waals surface area contributed by atoms with Gasteiger partial charge in [0.05, 0.1) is 0 Å². The second kappa shape index (κ2) is 34.1. The van der Waals surface area contributed by atoms with Gasteiger partial charge in [0.25, 0.3) is 0 Å². The molecule has 28 valence electrons. The van der Waals surface area contributed by atoms with E-state index in [0.717, 1.165) is 0 Å². The molecule has 4 radical (unpaired) electrons. The first-order valence-corrected chi connectivity index (χ1v) is 0. The average molecular weight is 486 g/mol. The maximum absolute atomic E-state index is 0. The summed E-state index contributed by atoms with van der Waals surface area (Å²) in [5.74, 6) is 0. The van der Waals surface area contributed by atoms with Crippen LogP contribution in [-0.2, 0) is 36.0 Å². The Morgan fingerprint density at radius 1 is 1.17 bits per heavy atom. The van der Waals surface area contributed by atoms with E-state index in [0.29, 0.717) is 0 Å². The standard InChI is InChI=1S/Li.Na.Ni.Pb.Sn.Zn.6H/q2*+1;;;;;;;;;2*-1. The summed E-state index contributed by atoms with van der Waals surface area (Å²) in [5.41, 5.74) is 0. The summed E-state index contributed by atoms with van der Waals surface area (Å²) < 4.78 is 0. The molecule has 0 N–H and O–H groups in total. The molecule has 0 nitrogen and oxygen atoms in total. The van der Waals surface area contributed by atoms with Crippen molar-refractivity contribution in [3.8, 4) is 0 Å². The van der Waals surface area contributed by atoms with Crippen LogP contribution in [0.15, 0.2) is 0 Å². The normalized spacial score (nSPS) is 0. The Morgan fingerprint density at radius 2 is 1.17 bits per heavy atom. The Bertz CT molecular complexity index is 22.0. The summed E-state index contributed by atoms with van der Waals surface area (Å²) in [6.07, 6.45) is 0. The predicted molar refractivity (Wildman–Crippen MR) is 19.3 cm³/mol. The summed E-state index contributed by atoms with van der Waals surface area (Å²) in [4.78, 5) is 0. The fourth-order valence-electron chi connectivity index (χ4n) is 0. The predicted octanol–water partition coefficient (Wildman–Crippen LogP) is -7.60. The van der Waals surface area contributed by atoms with Gasteiger partial charge in [-0.2, -0.15) is 0 Å². The zero-order valence-corrected chi connectivity index (χ0v) is 19.9. The van der Waals surface area contributed by atoms with Crippen LogP contribution < -0.4 is 48.4 Å². The second-order valence-electron chi connectivity index (χ2n) is 0. The van der Waals surface area contributed by atoms with Crippen LogP contribution in [-0.4, -0.2) is 51.2 Å². The molecule has 0 saturated heterocycles. The molecule has 0 rings (SSSR count). The fraction of sp³-hybridized carbons (Fsp3) is 0. The second-order valence-corrected chi connectivity index (χ2v) is 0. The first-order chi connectivity index (χ1) is 0. The van der Waals surface area contributed by atoms with E-state index in [9.17, 15) is 0 Å². The maximum Gasteiger partial charge on any atom is 0 e. The molecule has 0 atom stereocenters. The van der Waals surface area contributed by atoms with Crippen LogP contribution in [0.4, 0.5) is 0 Å². The molecule has 0 heterocycles. The van der Waals surface area contributed by atoms with Gasteiger partial charge in [-0.1, -0.05) is 0 Å². The minimum atomic E-state index is 0. The zero-order chi connectivity index (χ0) is 0. The monoisotopic (exact) mass is 486 g/mol. The third kappa shape index (κ3) is 23.7. The van der Waals surface area contributed by atoms with Crippen molar-refractivity contribution in [3.63, 3.8) is 0 Å². The van der Waals surface area contributed by atoms with Crippen molar-refractivity contribution >= 4 is 51.2 Å². The van der Waals surface area contributed by atoms with Gasteiger partial charge >= 0.3 is 99.6 Å². The molecule has 6 heavy (non-hydrogen) atoms. The van der Waals surface area contributed by atoms with Gasteiger partial charge < -0.3 is 2.85 Å². The maximum atomic E-state index is 0. The van der Waals surface area contributed by atoms with Gasteiger partial charge in [-0.3, -0.25) is 0 Å². The fourth-order valence-corrected chi connectivity index (χ4v) is 0. The number of hydrogen-bond acceptors (Lipinski definition) is 0. The van der Waals surface area contributed by atoms with Crippen LogP contribution in [0.5, 0.6) is 0 Å². The minimum absolute atomic E-state index is 0. The smallest absolute Gasteiger partial charge is 0 e. The van der Waals surface area contributed by atoms with Gasteiger partial charge in [0.1, 0.15) is 0 Å². The van der Waals surface area contributed by atoms with Crippen LogP contribution in [0.25, 0.3) is 0 Å². The van der Waals surface area contributed by atoms with Crippen LogP contribution in [0, 0.1) is 0 Å². The molecular weight excluding hydrogens is 480 g/mol. The van der Waals surface area contributed by atoms with Gasteiger partial charge in [0.15, 0.2) is 0 Å². The van der Waals surface area contributed by atoms with Gasteiger partial charge in [0, 0.05) is 36.0 Å². The quantitative estimate of drug-likeness (QED) is 0.299. The summed E-state index contributed by atoms with van der Waals surface area (Å²) in [6.45, 7) is 0. The molecule has 0 fully saturated rings. The van der Waals surface area contributed by atoms with Crippen molar-refractivity contribution in [1.82, 2.24) is 0 Å². The molecule has 0 saturated carbocycles. The molecule has 0 aliphatic heterocycles. The van der Waals surface area contributed by atoms with E-state index in [2.05, 4.69) is 0 Å². The molecule has 0 aliphatic rings. The van der Waals surface area contributed by atoms with Crippen molar-refractivity contribution in [2.45, 2.75) is 0 Å². The zero-order valence-electron chi connectivity index (χ0n) is 6.44. The molecule has 0 aromatic carbocycles. The third-order valence-corrected chi connectivity index (χ3v) is 0. The van der Waals surface area contributed by atoms with Crippen molar-refractivity contribution < 1.29 is 87.2 Å². The molecule has 0 bridgehead atoms. The minimum Gasteiger partial charge on any atom is 0 e. The SMILES string of the molecule is [H-].[H-].[Li+].[Na+].[Ni].[PbH2].[SnH2].[Zn]. The average Bonchev–Trinajstić information content (AvgIpc) is 0. The van der Waals surface area contributed by atoms with Crippen LogP contribution >= 0.6 is 0 Å². The number of rotatable bonds is 0. The first-order valence-electron chi connectivity index (χ1n) is 0. The topological polar surface area (TPSA) is 0 Å². The summed E-state index contributed by atoms with van der Waals surface area (Å²) in [7, 11) is 0. The van der Waals surface area contributed by atoms with Crippen molar-refractivity contribution in [1.29, 1.82) is 0 Å². The van der Waals surface area contributed by atoms with Crippen molar-refractivity contribution in [3.05, 3.63) is 0 Å². The molecular formula is H6LiNaNiPbSnZn. The van der Waals surface area contributed by atoms with E-state index in [4.69, 9.17) is 0 Å². The van der Waals surface area contributed by atoms with Crippen molar-refractivity contribution in [2.75, 3.05) is 0 Å². The van der Waals surface area contributed by atoms with Gasteiger partial charge in [0.2, 0.25) is 0 Å². The third-order valence-electron chi connectivity index (χ3n) is 0. The Labute approximate surface area is 135 Å². The van der Waals surface area contributed by atoms with Gasteiger partial charge in [-0.05, 0) is 0 Å². The number of hydrogen-bond donors (Lipinski definition) is 0. The Hall–Kier alpha value is 4.44. The molecule has 0 amide bonds. The van der Waals surface area contributed by atoms with Crippen LogP contribution in [0.1, 0.15) is 2.85 Å². The van der Waals surface area contributed by atoms with Crippen LogP contribution in [0.2, 0.25) is 0 Å². The van der Waals surface area contributed by atoms with Gasteiger partial charge in [-0.25, -0.2) is 0 Å². The molecule has 0 aliphatic carbocycles. The van der Waals surface area contributed by atoms with E-state index in [1.54, 1.807) is 0 Å². The summed E-state index contributed by atoms with van der Waals surface area (Å²) in [6, 6.07) is 0. The van der Waals surface area contributed by atoms with E-state index < -0.39 is 0 Å². The first kappa shape index (κ1) is 47.2. The molecule has 0 unspecified atom stereocenters. The van der Waals surface area contributed by atoms with E-state index >= 15 is 0 Å². The summed E-state index contributed by atoms with van der Waals surface area (Å²) >= 11 is 0. The van der Waals surface area contributed by atoms with E-state index in [1.165, 1.54) is 0 Å². The largest absolute Gasteiger partial charge is 0 e. The van der Waals surface area contributed by atoms with Gasteiger partial charge in [-0.15, -0.1) is 0 Å².